The monoisotopic (exact) mass is 103 g/mol. The van der Waals surface area contributed by atoms with Crippen LogP contribution in [0.1, 0.15) is 0 Å². The lowest BCUT2D eigenvalue weighted by Gasteiger charge is -2.02. The number of hydrogen-bond acceptors (Lipinski definition) is 3. The second-order valence-electron chi connectivity index (χ2n) is 1.26. The molecule has 43 valence electrons. The van der Waals surface area contributed by atoms with Gasteiger partial charge in [0.05, 0.1) is 0 Å². The van der Waals surface area contributed by atoms with Crippen LogP contribution in [0.4, 0.5) is 0 Å². The van der Waals surface area contributed by atoms with Crippen molar-refractivity contribution in [3.8, 4) is 0 Å². The molecule has 0 spiro atoms. The van der Waals surface area contributed by atoms with Crippen LogP contribution in [0.2, 0.25) is 0 Å². The summed E-state index contributed by atoms with van der Waals surface area (Å²) in [5.41, 5.74) is 5.08. The van der Waals surface area contributed by atoms with Gasteiger partial charge in [0.1, 0.15) is 6.23 Å². The van der Waals surface area contributed by atoms with E-state index >= 15 is 0 Å². The quantitative estimate of drug-likeness (QED) is 0.389. The van der Waals surface area contributed by atoms with Gasteiger partial charge in [-0.2, -0.15) is 0 Å². The Kier molecular flexibility index (Phi) is 3.98. The lowest BCUT2D eigenvalue weighted by Crippen LogP contribution is -2.30. The molecule has 0 aliphatic heterocycles. The van der Waals surface area contributed by atoms with Gasteiger partial charge in [-0.25, -0.2) is 0 Å². The number of nitrogens with two attached hydrogens (primary N) is 1. The third-order valence-electron chi connectivity index (χ3n) is 0.524. The molecule has 0 aromatic rings. The van der Waals surface area contributed by atoms with Crippen molar-refractivity contribution in [1.29, 1.82) is 0 Å². The molecule has 4 N–H and O–H groups in total. The minimum atomic E-state index is -0.677. The Bertz CT molecular complexity index is 38.7. The summed E-state index contributed by atoms with van der Waals surface area (Å²) in [5.74, 6) is 0. The third-order valence-corrected chi connectivity index (χ3v) is 0.524. The molecular weight excluding hydrogens is 92.1 g/mol. The molecule has 3 heteroatoms. The van der Waals surface area contributed by atoms with Crippen LogP contribution in [0.3, 0.4) is 0 Å². The van der Waals surface area contributed by atoms with E-state index in [1.807, 2.05) is 0 Å². The first-order valence-corrected chi connectivity index (χ1v) is 2.22. The maximum atomic E-state index is 8.41. The van der Waals surface area contributed by atoms with E-state index in [0.29, 0.717) is 13.1 Å². The predicted octanol–water partition coefficient (Wildman–Crippen LogP) is -1.31. The molecule has 1 radical (unpaired) electrons. The first-order chi connectivity index (χ1) is 3.27. The highest BCUT2D eigenvalue weighted by Crippen LogP contribution is 1.64. The van der Waals surface area contributed by atoms with Crippen LogP contribution in [0.5, 0.6) is 0 Å². The van der Waals surface area contributed by atoms with Crippen LogP contribution in [0, 0.1) is 6.92 Å². The summed E-state index contributed by atoms with van der Waals surface area (Å²) in [6, 6.07) is 0. The average Bonchev–Trinajstić information content (AvgIpc) is 1.61. The molecule has 3 nitrogen and oxygen atoms in total. The Morgan fingerprint density at radius 3 is 2.57 bits per heavy atom. The number of aliphatic hydroxyl groups is 1. The molecule has 0 aromatic heterocycles. The summed E-state index contributed by atoms with van der Waals surface area (Å²) in [6.45, 7) is 4.41. The standard InChI is InChI=1S/C4H11N2O/c1-4(7)6-3-2-5/h4,6-7H,1-3,5H2. The normalized spacial score (nSPS) is 14.1. The summed E-state index contributed by atoms with van der Waals surface area (Å²) in [6.07, 6.45) is -0.677. The fourth-order valence-electron chi connectivity index (χ4n) is 0.250. The van der Waals surface area contributed by atoms with Crippen LogP contribution in [-0.4, -0.2) is 24.4 Å². The highest BCUT2D eigenvalue weighted by Gasteiger charge is 1.87. The SMILES string of the molecule is [CH2]C(O)NCCN. The smallest absolute Gasteiger partial charge is 0.105 e. The molecule has 0 fully saturated rings. The summed E-state index contributed by atoms with van der Waals surface area (Å²) < 4.78 is 0. The van der Waals surface area contributed by atoms with E-state index in [4.69, 9.17) is 10.8 Å². The predicted molar refractivity (Wildman–Crippen MR) is 28.4 cm³/mol. The molecule has 1 atom stereocenters. The molecular formula is C4H11N2O. The van der Waals surface area contributed by atoms with Gasteiger partial charge in [-0.15, -0.1) is 0 Å². The van der Waals surface area contributed by atoms with Crippen LogP contribution in [-0.2, 0) is 0 Å². The van der Waals surface area contributed by atoms with Crippen molar-refractivity contribution in [1.82, 2.24) is 5.32 Å². The molecule has 1 unspecified atom stereocenters. The summed E-state index contributed by atoms with van der Waals surface area (Å²) in [5, 5.41) is 11.0. The molecule has 0 aliphatic carbocycles. The molecule has 0 aliphatic rings. The molecule has 0 saturated carbocycles. The van der Waals surface area contributed by atoms with E-state index in [2.05, 4.69) is 12.2 Å². The van der Waals surface area contributed by atoms with Crippen molar-refractivity contribution in [2.45, 2.75) is 6.23 Å². The van der Waals surface area contributed by atoms with Gasteiger partial charge in [0.2, 0.25) is 0 Å². The van der Waals surface area contributed by atoms with E-state index in [0.717, 1.165) is 0 Å². The van der Waals surface area contributed by atoms with E-state index < -0.39 is 6.23 Å². The number of hydrogen-bond donors (Lipinski definition) is 3. The van der Waals surface area contributed by atoms with E-state index in [1.54, 1.807) is 0 Å². The van der Waals surface area contributed by atoms with Gasteiger partial charge in [0.25, 0.3) is 0 Å². The second-order valence-corrected chi connectivity index (χ2v) is 1.26. The zero-order valence-electron chi connectivity index (χ0n) is 4.22. The first-order valence-electron chi connectivity index (χ1n) is 2.22. The second kappa shape index (κ2) is 4.05. The Hall–Kier alpha value is -0.120. The minimum Gasteiger partial charge on any atom is -0.379 e. The highest BCUT2D eigenvalue weighted by molar-refractivity contribution is 4.52. The molecule has 7 heavy (non-hydrogen) atoms. The first kappa shape index (κ1) is 6.88. The van der Waals surface area contributed by atoms with E-state index in [-0.39, 0.29) is 0 Å². The van der Waals surface area contributed by atoms with Gasteiger partial charge in [-0.05, 0) is 6.92 Å². The fraction of sp³-hybridized carbons (Fsp3) is 0.750. The Labute approximate surface area is 43.5 Å². The lowest BCUT2D eigenvalue weighted by atomic mass is 10.6. The Balaban J connectivity index is 2.68. The maximum absolute atomic E-state index is 8.41. The molecule has 0 amide bonds. The average molecular weight is 103 g/mol. The van der Waals surface area contributed by atoms with Crippen molar-refractivity contribution in [2.75, 3.05) is 13.1 Å². The minimum absolute atomic E-state index is 0.534. The summed E-state index contributed by atoms with van der Waals surface area (Å²) >= 11 is 0. The van der Waals surface area contributed by atoms with Gasteiger partial charge in [0, 0.05) is 13.1 Å². The summed E-state index contributed by atoms with van der Waals surface area (Å²) in [7, 11) is 0. The van der Waals surface area contributed by atoms with Gasteiger partial charge < -0.3 is 10.8 Å². The lowest BCUT2D eigenvalue weighted by molar-refractivity contribution is 0.184. The number of nitrogens with one attached hydrogen (secondary N) is 1. The highest BCUT2D eigenvalue weighted by atomic mass is 16.3. The van der Waals surface area contributed by atoms with Crippen molar-refractivity contribution >= 4 is 0 Å². The van der Waals surface area contributed by atoms with Crippen LogP contribution in [0.25, 0.3) is 0 Å². The van der Waals surface area contributed by atoms with Crippen LogP contribution >= 0.6 is 0 Å². The van der Waals surface area contributed by atoms with Crippen molar-refractivity contribution in [3.05, 3.63) is 6.92 Å². The number of rotatable bonds is 3. The third kappa shape index (κ3) is 5.88. The molecule has 0 rings (SSSR count). The number of aliphatic hydroxyl groups excluding tert-OH is 1. The topological polar surface area (TPSA) is 58.3 Å². The maximum Gasteiger partial charge on any atom is 0.105 e. The van der Waals surface area contributed by atoms with Gasteiger partial charge in [-0.1, -0.05) is 0 Å². The fourth-order valence-corrected chi connectivity index (χ4v) is 0.250. The Morgan fingerprint density at radius 1 is 1.86 bits per heavy atom. The van der Waals surface area contributed by atoms with Crippen LogP contribution < -0.4 is 11.1 Å². The molecule has 0 saturated heterocycles. The molecule has 0 bridgehead atoms. The zero-order valence-corrected chi connectivity index (χ0v) is 4.22. The zero-order chi connectivity index (χ0) is 5.70. The van der Waals surface area contributed by atoms with Crippen molar-refractivity contribution in [3.63, 3.8) is 0 Å². The van der Waals surface area contributed by atoms with E-state index in [1.165, 1.54) is 0 Å². The van der Waals surface area contributed by atoms with Crippen molar-refractivity contribution < 1.29 is 5.11 Å². The molecule has 0 aromatic carbocycles. The van der Waals surface area contributed by atoms with Gasteiger partial charge >= 0.3 is 0 Å². The Morgan fingerprint density at radius 2 is 2.43 bits per heavy atom. The van der Waals surface area contributed by atoms with Crippen molar-refractivity contribution in [2.24, 2.45) is 5.73 Å². The van der Waals surface area contributed by atoms with E-state index in [9.17, 15) is 0 Å². The largest absolute Gasteiger partial charge is 0.379 e. The van der Waals surface area contributed by atoms with Crippen LogP contribution in [0.15, 0.2) is 0 Å². The van der Waals surface area contributed by atoms with Gasteiger partial charge in [-0.3, -0.25) is 5.32 Å². The van der Waals surface area contributed by atoms with Gasteiger partial charge in [0.15, 0.2) is 0 Å². The molecule has 0 heterocycles. The summed E-state index contributed by atoms with van der Waals surface area (Å²) in [4.78, 5) is 0.